The molecule has 1 heterocycles. The molecule has 1 aliphatic rings. The lowest BCUT2D eigenvalue weighted by Crippen LogP contribution is -2.35. The highest BCUT2D eigenvalue weighted by Crippen LogP contribution is 2.26. The van der Waals surface area contributed by atoms with Crippen LogP contribution in [0.2, 0.25) is 0 Å². The van der Waals surface area contributed by atoms with Crippen LogP contribution >= 0.6 is 0 Å². The van der Waals surface area contributed by atoms with E-state index in [1.165, 1.54) is 24.8 Å². The Hall–Kier alpha value is -3.12. The Morgan fingerprint density at radius 1 is 1.16 bits per heavy atom. The Morgan fingerprint density at radius 3 is 2.62 bits per heavy atom. The summed E-state index contributed by atoms with van der Waals surface area (Å²) in [5.41, 5.74) is 2.06. The summed E-state index contributed by atoms with van der Waals surface area (Å²) >= 11 is 0. The third kappa shape index (κ3) is 7.54. The zero-order chi connectivity index (χ0) is 22.8. The lowest BCUT2D eigenvalue weighted by atomic mass is 9.93. The average molecular weight is 437 g/mol. The number of piperidine rings is 1. The number of amides is 1. The minimum Gasteiger partial charge on any atom is -0.504 e. The van der Waals surface area contributed by atoms with E-state index in [4.69, 9.17) is 4.74 Å². The second-order valence-electron chi connectivity index (χ2n) is 8.25. The standard InChI is InChI=1S/C26H32N2O4/c1-32-25-17-21(8-10-24(25)30)7-9-23(29)18-26(31)27-14-11-20-12-15-28(16-13-20)19-22-5-3-2-4-6-22/h2-10,17,20,30H,11-16,18-19H2,1H3,(H,27,31)/b9-7+. The molecule has 1 saturated heterocycles. The zero-order valence-electron chi connectivity index (χ0n) is 18.6. The first-order valence-electron chi connectivity index (χ1n) is 11.1. The summed E-state index contributed by atoms with van der Waals surface area (Å²) in [5, 5.41) is 12.5. The average Bonchev–Trinajstić information content (AvgIpc) is 2.80. The Balaban J connectivity index is 1.32. The molecule has 1 amide bonds. The van der Waals surface area contributed by atoms with Crippen molar-refractivity contribution in [2.75, 3.05) is 26.7 Å². The largest absolute Gasteiger partial charge is 0.504 e. The van der Waals surface area contributed by atoms with Crippen molar-refractivity contribution in [2.24, 2.45) is 5.92 Å². The molecule has 0 spiro atoms. The number of nitrogens with one attached hydrogen (secondary N) is 1. The highest BCUT2D eigenvalue weighted by molar-refractivity contribution is 6.05. The summed E-state index contributed by atoms with van der Waals surface area (Å²) in [7, 11) is 1.46. The second-order valence-corrected chi connectivity index (χ2v) is 8.25. The smallest absolute Gasteiger partial charge is 0.227 e. The van der Waals surface area contributed by atoms with Crippen LogP contribution in [0, 0.1) is 5.92 Å². The van der Waals surface area contributed by atoms with Gasteiger partial charge < -0.3 is 15.2 Å². The predicted octanol–water partition coefficient (Wildman–Crippen LogP) is 3.79. The number of ether oxygens (including phenoxy) is 1. The van der Waals surface area contributed by atoms with Crippen LogP contribution in [0.25, 0.3) is 6.08 Å². The maximum atomic E-state index is 12.1. The molecule has 0 saturated carbocycles. The van der Waals surface area contributed by atoms with E-state index in [2.05, 4.69) is 34.5 Å². The topological polar surface area (TPSA) is 78.9 Å². The highest BCUT2D eigenvalue weighted by Gasteiger charge is 2.19. The van der Waals surface area contributed by atoms with Gasteiger partial charge in [0.2, 0.25) is 5.91 Å². The quantitative estimate of drug-likeness (QED) is 0.438. The van der Waals surface area contributed by atoms with Gasteiger partial charge in [0.05, 0.1) is 13.5 Å². The van der Waals surface area contributed by atoms with Crippen molar-refractivity contribution in [2.45, 2.75) is 32.2 Å². The van der Waals surface area contributed by atoms with Gasteiger partial charge in [-0.2, -0.15) is 0 Å². The molecule has 0 atom stereocenters. The lowest BCUT2D eigenvalue weighted by molar-refractivity contribution is -0.126. The lowest BCUT2D eigenvalue weighted by Gasteiger charge is -2.32. The van der Waals surface area contributed by atoms with Crippen molar-refractivity contribution in [1.29, 1.82) is 0 Å². The van der Waals surface area contributed by atoms with Gasteiger partial charge in [-0.25, -0.2) is 0 Å². The van der Waals surface area contributed by atoms with E-state index >= 15 is 0 Å². The number of benzene rings is 2. The first-order chi connectivity index (χ1) is 15.5. The SMILES string of the molecule is COc1cc(/C=C/C(=O)CC(=O)NCCC2CCN(Cc3ccccc3)CC2)ccc1O. The van der Waals surface area contributed by atoms with Gasteiger partial charge in [-0.15, -0.1) is 0 Å². The van der Waals surface area contributed by atoms with Crippen LogP contribution in [-0.4, -0.2) is 48.4 Å². The molecular weight excluding hydrogens is 404 g/mol. The molecule has 6 nitrogen and oxygen atoms in total. The van der Waals surface area contributed by atoms with Gasteiger partial charge in [-0.1, -0.05) is 42.5 Å². The number of methoxy groups -OCH3 is 1. The van der Waals surface area contributed by atoms with Gasteiger partial charge in [-0.3, -0.25) is 14.5 Å². The Bertz CT molecular complexity index is 919. The summed E-state index contributed by atoms with van der Waals surface area (Å²) < 4.78 is 5.05. The number of likely N-dealkylation sites (tertiary alicyclic amines) is 1. The van der Waals surface area contributed by atoms with E-state index in [9.17, 15) is 14.7 Å². The van der Waals surface area contributed by atoms with Crippen molar-refractivity contribution < 1.29 is 19.4 Å². The molecule has 3 rings (SSSR count). The number of ketones is 1. The van der Waals surface area contributed by atoms with E-state index < -0.39 is 0 Å². The number of allylic oxidation sites excluding steroid dienone is 1. The van der Waals surface area contributed by atoms with E-state index in [0.29, 0.717) is 23.8 Å². The zero-order valence-corrected chi connectivity index (χ0v) is 18.6. The molecule has 2 aromatic rings. The van der Waals surface area contributed by atoms with Gasteiger partial charge in [0.15, 0.2) is 17.3 Å². The van der Waals surface area contributed by atoms with Crippen LogP contribution in [-0.2, 0) is 16.1 Å². The maximum Gasteiger partial charge on any atom is 0.227 e. The Labute approximate surface area is 189 Å². The minimum absolute atomic E-state index is 0.0391. The van der Waals surface area contributed by atoms with E-state index in [1.807, 2.05) is 6.07 Å². The molecule has 32 heavy (non-hydrogen) atoms. The number of aromatic hydroxyl groups is 1. The predicted molar refractivity (Wildman–Crippen MR) is 125 cm³/mol. The van der Waals surface area contributed by atoms with Crippen LogP contribution in [0.5, 0.6) is 11.5 Å². The molecule has 0 aliphatic carbocycles. The van der Waals surface area contributed by atoms with Crippen LogP contribution in [0.4, 0.5) is 0 Å². The van der Waals surface area contributed by atoms with Crippen LogP contribution in [0.3, 0.4) is 0 Å². The molecule has 0 unspecified atom stereocenters. The molecule has 0 bridgehead atoms. The Kier molecular flexibility index (Phi) is 8.87. The third-order valence-electron chi connectivity index (χ3n) is 5.83. The van der Waals surface area contributed by atoms with Gasteiger partial charge in [0.25, 0.3) is 0 Å². The number of carbonyl (C=O) groups excluding carboxylic acids is 2. The number of nitrogens with zero attached hydrogens (tertiary/aromatic N) is 1. The van der Waals surface area contributed by atoms with E-state index in [-0.39, 0.29) is 23.9 Å². The number of phenols is 1. The molecule has 2 N–H and O–H groups in total. The van der Waals surface area contributed by atoms with Crippen molar-refractivity contribution in [3.63, 3.8) is 0 Å². The summed E-state index contributed by atoms with van der Waals surface area (Å²) in [6.07, 6.45) is 6.05. The molecule has 1 fully saturated rings. The fourth-order valence-electron chi connectivity index (χ4n) is 3.96. The number of hydrogen-bond acceptors (Lipinski definition) is 5. The van der Waals surface area contributed by atoms with Gasteiger partial charge in [0, 0.05) is 13.1 Å². The second kappa shape index (κ2) is 12.1. The number of rotatable bonds is 10. The van der Waals surface area contributed by atoms with Crippen molar-refractivity contribution >= 4 is 17.8 Å². The third-order valence-corrected chi connectivity index (χ3v) is 5.83. The van der Waals surface area contributed by atoms with Crippen LogP contribution < -0.4 is 10.1 Å². The van der Waals surface area contributed by atoms with Crippen molar-refractivity contribution in [3.8, 4) is 11.5 Å². The fourth-order valence-corrected chi connectivity index (χ4v) is 3.96. The number of hydrogen-bond donors (Lipinski definition) is 2. The number of carbonyl (C=O) groups is 2. The van der Waals surface area contributed by atoms with Crippen LogP contribution in [0.15, 0.2) is 54.6 Å². The molecule has 2 aromatic carbocycles. The first kappa shape index (κ1) is 23.5. The van der Waals surface area contributed by atoms with Crippen molar-refractivity contribution in [3.05, 3.63) is 65.7 Å². The molecule has 1 aliphatic heterocycles. The maximum absolute atomic E-state index is 12.1. The van der Waals surface area contributed by atoms with Crippen molar-refractivity contribution in [1.82, 2.24) is 10.2 Å². The molecule has 6 heteroatoms. The minimum atomic E-state index is -0.260. The molecule has 0 radical (unpaired) electrons. The highest BCUT2D eigenvalue weighted by atomic mass is 16.5. The first-order valence-corrected chi connectivity index (χ1v) is 11.1. The van der Waals surface area contributed by atoms with Gasteiger partial charge in [-0.05, 0) is 67.6 Å². The summed E-state index contributed by atoms with van der Waals surface area (Å²) in [6.45, 7) is 3.77. The van der Waals surface area contributed by atoms with Gasteiger partial charge in [0.1, 0.15) is 0 Å². The monoisotopic (exact) mass is 436 g/mol. The summed E-state index contributed by atoms with van der Waals surface area (Å²) in [4.78, 5) is 26.6. The van der Waals surface area contributed by atoms with Crippen LogP contribution in [0.1, 0.15) is 36.8 Å². The van der Waals surface area contributed by atoms with E-state index in [1.54, 1.807) is 18.2 Å². The summed E-state index contributed by atoms with van der Waals surface area (Å²) in [6, 6.07) is 15.3. The Morgan fingerprint density at radius 2 is 1.91 bits per heavy atom. The summed E-state index contributed by atoms with van der Waals surface area (Å²) in [5.74, 6) is 0.482. The molecular formula is C26H32N2O4. The fraction of sp³-hybridized carbons (Fsp3) is 0.385. The molecule has 0 aromatic heterocycles. The van der Waals surface area contributed by atoms with E-state index in [0.717, 1.165) is 38.9 Å². The normalized spacial score (nSPS) is 15.0. The number of phenolic OH excluding ortho intramolecular Hbond substituents is 1. The van der Waals surface area contributed by atoms with Gasteiger partial charge >= 0.3 is 0 Å². The molecule has 170 valence electrons.